The molecule has 0 bridgehead atoms. The van der Waals surface area contributed by atoms with Gasteiger partial charge in [0.2, 0.25) is 0 Å². The fourth-order valence-electron chi connectivity index (χ4n) is 1.07. The Morgan fingerprint density at radius 2 is 2.25 bits per heavy atom. The highest BCUT2D eigenvalue weighted by atomic mass is 79.9. The zero-order valence-electron chi connectivity index (χ0n) is 6.76. The summed E-state index contributed by atoms with van der Waals surface area (Å²) in [5, 5.41) is 8.74. The fourth-order valence-corrected chi connectivity index (χ4v) is 1.55. The van der Waals surface area contributed by atoms with E-state index in [9.17, 15) is 0 Å². The highest BCUT2D eigenvalue weighted by Crippen LogP contribution is 2.22. The number of benzene rings is 1. The summed E-state index contributed by atoms with van der Waals surface area (Å²) in [6, 6.07) is 5.92. The molecule has 0 saturated carbocycles. The first-order valence-corrected chi connectivity index (χ1v) is 4.37. The smallest absolute Gasteiger partial charge is 0.100 e. The standard InChI is InChI=1S/C9H9BrN2/c1-6-2-7(4-11)9(10)8(3-6)5-12/h2-3H,4,11H2,1H3. The number of nitrogens with two attached hydrogens (primary N) is 1. The topological polar surface area (TPSA) is 49.8 Å². The van der Waals surface area contributed by atoms with Crippen molar-refractivity contribution < 1.29 is 0 Å². The van der Waals surface area contributed by atoms with E-state index in [1.807, 2.05) is 19.1 Å². The van der Waals surface area contributed by atoms with Crippen molar-refractivity contribution >= 4 is 15.9 Å². The predicted molar refractivity (Wildman–Crippen MR) is 51.5 cm³/mol. The van der Waals surface area contributed by atoms with E-state index >= 15 is 0 Å². The van der Waals surface area contributed by atoms with E-state index in [2.05, 4.69) is 22.0 Å². The molecule has 0 atom stereocenters. The molecule has 0 amide bonds. The monoisotopic (exact) mass is 224 g/mol. The summed E-state index contributed by atoms with van der Waals surface area (Å²) in [6.07, 6.45) is 0. The van der Waals surface area contributed by atoms with E-state index in [0.717, 1.165) is 15.6 Å². The van der Waals surface area contributed by atoms with Crippen LogP contribution in [0.3, 0.4) is 0 Å². The SMILES string of the molecule is Cc1cc(C#N)c(Br)c(CN)c1. The predicted octanol–water partition coefficient (Wildman–Crippen LogP) is 2.09. The second-order valence-electron chi connectivity index (χ2n) is 2.60. The molecule has 0 aromatic heterocycles. The van der Waals surface area contributed by atoms with Crippen molar-refractivity contribution in [2.45, 2.75) is 13.5 Å². The summed E-state index contributed by atoms with van der Waals surface area (Å²) in [7, 11) is 0. The Kier molecular flexibility index (Phi) is 2.85. The maximum absolute atomic E-state index is 8.74. The van der Waals surface area contributed by atoms with Gasteiger partial charge in [-0.25, -0.2) is 0 Å². The molecule has 0 unspecified atom stereocenters. The molecule has 0 radical (unpaired) electrons. The first-order valence-electron chi connectivity index (χ1n) is 3.58. The van der Waals surface area contributed by atoms with Crippen LogP contribution in [0, 0.1) is 18.3 Å². The maximum atomic E-state index is 8.74. The molecule has 62 valence electrons. The van der Waals surface area contributed by atoms with Gasteiger partial charge in [0, 0.05) is 11.0 Å². The Morgan fingerprint density at radius 1 is 1.58 bits per heavy atom. The molecule has 0 fully saturated rings. The summed E-state index contributed by atoms with van der Waals surface area (Å²) >= 11 is 3.33. The third-order valence-electron chi connectivity index (χ3n) is 1.63. The Hall–Kier alpha value is -0.850. The van der Waals surface area contributed by atoms with Gasteiger partial charge in [-0.2, -0.15) is 5.26 Å². The third kappa shape index (κ3) is 1.66. The molecule has 2 N–H and O–H groups in total. The van der Waals surface area contributed by atoms with Crippen LogP contribution in [0.15, 0.2) is 16.6 Å². The van der Waals surface area contributed by atoms with Crippen molar-refractivity contribution in [2.24, 2.45) is 5.73 Å². The van der Waals surface area contributed by atoms with E-state index in [0.29, 0.717) is 12.1 Å². The zero-order valence-corrected chi connectivity index (χ0v) is 8.35. The maximum Gasteiger partial charge on any atom is 0.100 e. The van der Waals surface area contributed by atoms with Gasteiger partial charge >= 0.3 is 0 Å². The van der Waals surface area contributed by atoms with Crippen molar-refractivity contribution in [2.75, 3.05) is 0 Å². The lowest BCUT2D eigenvalue weighted by Crippen LogP contribution is -1.99. The van der Waals surface area contributed by atoms with E-state index in [-0.39, 0.29) is 0 Å². The Balaban J connectivity index is 3.34. The molecular weight excluding hydrogens is 216 g/mol. The van der Waals surface area contributed by atoms with Gasteiger partial charge in [-0.3, -0.25) is 0 Å². The van der Waals surface area contributed by atoms with E-state index in [1.165, 1.54) is 0 Å². The molecule has 1 rings (SSSR count). The van der Waals surface area contributed by atoms with Gasteiger partial charge in [-0.1, -0.05) is 6.07 Å². The summed E-state index contributed by atoms with van der Waals surface area (Å²) in [4.78, 5) is 0. The first kappa shape index (κ1) is 9.24. The molecule has 0 spiro atoms. The lowest BCUT2D eigenvalue weighted by atomic mass is 10.1. The Labute approximate surface area is 80.1 Å². The molecule has 0 aliphatic carbocycles. The van der Waals surface area contributed by atoms with Gasteiger partial charge in [0.05, 0.1) is 5.56 Å². The molecule has 12 heavy (non-hydrogen) atoms. The van der Waals surface area contributed by atoms with Gasteiger partial charge < -0.3 is 5.73 Å². The molecule has 0 heterocycles. The molecule has 2 nitrogen and oxygen atoms in total. The quantitative estimate of drug-likeness (QED) is 0.795. The summed E-state index contributed by atoms with van der Waals surface area (Å²) in [5.41, 5.74) is 8.20. The van der Waals surface area contributed by atoms with Crippen LogP contribution in [-0.4, -0.2) is 0 Å². The number of nitrogens with zero attached hydrogens (tertiary/aromatic N) is 1. The van der Waals surface area contributed by atoms with Crippen LogP contribution >= 0.6 is 15.9 Å². The van der Waals surface area contributed by atoms with Gasteiger partial charge in [0.25, 0.3) is 0 Å². The van der Waals surface area contributed by atoms with Crippen LogP contribution in [0.1, 0.15) is 16.7 Å². The Bertz CT molecular complexity index is 339. The van der Waals surface area contributed by atoms with Crippen molar-refractivity contribution in [1.82, 2.24) is 0 Å². The average Bonchev–Trinajstić information content (AvgIpc) is 2.08. The summed E-state index contributed by atoms with van der Waals surface area (Å²) in [6.45, 7) is 2.41. The van der Waals surface area contributed by atoms with Crippen LogP contribution in [0.25, 0.3) is 0 Å². The van der Waals surface area contributed by atoms with Crippen LogP contribution in [0.2, 0.25) is 0 Å². The number of rotatable bonds is 1. The van der Waals surface area contributed by atoms with Crippen molar-refractivity contribution in [3.05, 3.63) is 33.3 Å². The normalized spacial score (nSPS) is 9.50. The van der Waals surface area contributed by atoms with Gasteiger partial charge in [-0.05, 0) is 40.0 Å². The van der Waals surface area contributed by atoms with Gasteiger partial charge in [-0.15, -0.1) is 0 Å². The van der Waals surface area contributed by atoms with Gasteiger partial charge in [0.1, 0.15) is 6.07 Å². The molecule has 1 aromatic carbocycles. The first-order chi connectivity index (χ1) is 5.69. The van der Waals surface area contributed by atoms with Crippen LogP contribution in [0.5, 0.6) is 0 Å². The molecule has 0 saturated heterocycles. The summed E-state index contributed by atoms with van der Waals surface area (Å²) < 4.78 is 0.818. The highest BCUT2D eigenvalue weighted by Gasteiger charge is 2.04. The fraction of sp³-hybridized carbons (Fsp3) is 0.222. The number of hydrogen-bond donors (Lipinski definition) is 1. The lowest BCUT2D eigenvalue weighted by Gasteiger charge is -2.04. The van der Waals surface area contributed by atoms with Crippen LogP contribution < -0.4 is 5.73 Å². The highest BCUT2D eigenvalue weighted by molar-refractivity contribution is 9.10. The van der Waals surface area contributed by atoms with E-state index in [1.54, 1.807) is 0 Å². The Morgan fingerprint density at radius 3 is 2.75 bits per heavy atom. The number of hydrogen-bond acceptors (Lipinski definition) is 2. The van der Waals surface area contributed by atoms with Crippen LogP contribution in [-0.2, 0) is 6.54 Å². The largest absolute Gasteiger partial charge is 0.326 e. The zero-order chi connectivity index (χ0) is 9.14. The molecule has 1 aromatic rings. The number of nitriles is 1. The van der Waals surface area contributed by atoms with Crippen LogP contribution in [0.4, 0.5) is 0 Å². The second kappa shape index (κ2) is 3.70. The van der Waals surface area contributed by atoms with Crippen molar-refractivity contribution in [1.29, 1.82) is 5.26 Å². The third-order valence-corrected chi connectivity index (χ3v) is 2.57. The average molecular weight is 225 g/mol. The number of aryl methyl sites for hydroxylation is 1. The van der Waals surface area contributed by atoms with E-state index < -0.39 is 0 Å². The minimum Gasteiger partial charge on any atom is -0.326 e. The molecular formula is C9H9BrN2. The van der Waals surface area contributed by atoms with Gasteiger partial charge in [0.15, 0.2) is 0 Å². The number of halogens is 1. The minimum atomic E-state index is 0.455. The second-order valence-corrected chi connectivity index (χ2v) is 3.39. The van der Waals surface area contributed by atoms with Crippen molar-refractivity contribution in [3.8, 4) is 6.07 Å². The van der Waals surface area contributed by atoms with Crippen molar-refractivity contribution in [3.63, 3.8) is 0 Å². The molecule has 0 aliphatic rings. The lowest BCUT2D eigenvalue weighted by molar-refractivity contribution is 1.05. The summed E-state index contributed by atoms with van der Waals surface area (Å²) in [5.74, 6) is 0. The van der Waals surface area contributed by atoms with E-state index in [4.69, 9.17) is 11.0 Å². The minimum absolute atomic E-state index is 0.455. The molecule has 3 heteroatoms. The molecule has 0 aliphatic heterocycles.